The number of thiazole rings is 1. The van der Waals surface area contributed by atoms with E-state index in [-0.39, 0.29) is 21.3 Å². The first kappa shape index (κ1) is 14.2. The Morgan fingerprint density at radius 1 is 1.40 bits per heavy atom. The van der Waals surface area contributed by atoms with Crippen LogP contribution >= 0.6 is 11.3 Å². The van der Waals surface area contributed by atoms with E-state index in [1.54, 1.807) is 0 Å². The van der Waals surface area contributed by atoms with Crippen molar-refractivity contribution in [3.63, 3.8) is 0 Å². The normalized spacial score (nSPS) is 11.2. The lowest BCUT2D eigenvalue weighted by atomic mass is 10.3. The SMILES string of the molecule is Cc1[nH]c(=O)sc1S(=O)(=O)Nc1cccc([N+](=O)[O-])c1. The predicted octanol–water partition coefficient (Wildman–Crippen LogP) is 1.45. The summed E-state index contributed by atoms with van der Waals surface area (Å²) < 4.78 is 26.2. The fourth-order valence-electron chi connectivity index (χ4n) is 1.53. The number of aryl methyl sites for hydroxylation is 1. The van der Waals surface area contributed by atoms with Gasteiger partial charge in [0.1, 0.15) is 0 Å². The van der Waals surface area contributed by atoms with E-state index in [9.17, 15) is 23.3 Å². The lowest BCUT2D eigenvalue weighted by Crippen LogP contribution is -2.12. The van der Waals surface area contributed by atoms with Crippen LogP contribution in [0.5, 0.6) is 0 Å². The molecule has 0 spiro atoms. The van der Waals surface area contributed by atoms with Gasteiger partial charge in [0.2, 0.25) is 0 Å². The Kier molecular flexibility index (Phi) is 3.59. The first-order valence-corrected chi connectivity index (χ1v) is 7.56. The molecular formula is C10H9N3O5S2. The minimum atomic E-state index is -3.95. The third-order valence-electron chi connectivity index (χ3n) is 2.33. The average molecular weight is 315 g/mol. The highest BCUT2D eigenvalue weighted by Crippen LogP contribution is 2.23. The number of non-ortho nitro benzene ring substituents is 1. The minimum absolute atomic E-state index is 0.0550. The number of rotatable bonds is 4. The predicted molar refractivity (Wildman–Crippen MR) is 73.6 cm³/mol. The molecule has 2 N–H and O–H groups in total. The zero-order valence-electron chi connectivity index (χ0n) is 10.1. The van der Waals surface area contributed by atoms with Crippen LogP contribution in [-0.4, -0.2) is 18.3 Å². The number of nitro groups is 1. The highest BCUT2D eigenvalue weighted by molar-refractivity contribution is 7.94. The van der Waals surface area contributed by atoms with E-state index >= 15 is 0 Å². The molecule has 0 amide bonds. The van der Waals surface area contributed by atoms with E-state index in [1.165, 1.54) is 25.1 Å². The number of aromatic nitrogens is 1. The number of nitrogens with one attached hydrogen (secondary N) is 2. The largest absolute Gasteiger partial charge is 0.315 e. The molecule has 2 aromatic rings. The second-order valence-electron chi connectivity index (χ2n) is 3.84. The van der Waals surface area contributed by atoms with Crippen molar-refractivity contribution in [1.82, 2.24) is 4.98 Å². The molecule has 0 fully saturated rings. The molecule has 0 bridgehead atoms. The number of nitro benzene ring substituents is 1. The number of benzene rings is 1. The number of nitrogens with zero attached hydrogens (tertiary/aromatic N) is 1. The molecule has 0 saturated heterocycles. The van der Waals surface area contributed by atoms with Crippen LogP contribution in [0.15, 0.2) is 33.3 Å². The second kappa shape index (κ2) is 5.06. The van der Waals surface area contributed by atoms with Gasteiger partial charge >= 0.3 is 4.87 Å². The summed E-state index contributed by atoms with van der Waals surface area (Å²) in [6.45, 7) is 1.46. The van der Waals surface area contributed by atoms with E-state index in [0.29, 0.717) is 11.3 Å². The molecule has 1 heterocycles. The summed E-state index contributed by atoms with van der Waals surface area (Å²) in [5, 5.41) is 10.6. The number of H-pyrrole nitrogens is 1. The summed E-state index contributed by atoms with van der Waals surface area (Å²) in [7, 11) is -3.95. The van der Waals surface area contributed by atoms with Crippen molar-refractivity contribution < 1.29 is 13.3 Å². The summed E-state index contributed by atoms with van der Waals surface area (Å²) in [6.07, 6.45) is 0. The fraction of sp³-hybridized carbons (Fsp3) is 0.100. The van der Waals surface area contributed by atoms with Gasteiger partial charge < -0.3 is 4.98 Å². The third kappa shape index (κ3) is 2.86. The van der Waals surface area contributed by atoms with E-state index in [1.807, 2.05) is 0 Å². The maximum atomic E-state index is 12.1. The van der Waals surface area contributed by atoms with Gasteiger partial charge in [0.25, 0.3) is 15.7 Å². The molecule has 0 atom stereocenters. The molecule has 0 saturated carbocycles. The van der Waals surface area contributed by atoms with Crippen molar-refractivity contribution >= 4 is 32.7 Å². The van der Waals surface area contributed by atoms with Crippen molar-refractivity contribution in [3.05, 3.63) is 49.7 Å². The molecule has 0 aliphatic heterocycles. The van der Waals surface area contributed by atoms with Crippen LogP contribution in [0, 0.1) is 17.0 Å². The third-order valence-corrected chi connectivity index (χ3v) is 5.32. The van der Waals surface area contributed by atoms with Crippen LogP contribution in [0.25, 0.3) is 0 Å². The Hall–Kier alpha value is -2.20. The van der Waals surface area contributed by atoms with Gasteiger partial charge in [-0.2, -0.15) is 0 Å². The molecule has 0 radical (unpaired) electrons. The maximum Gasteiger partial charge on any atom is 0.306 e. The summed E-state index contributed by atoms with van der Waals surface area (Å²) in [5.41, 5.74) is 0.0431. The van der Waals surface area contributed by atoms with Crippen molar-refractivity contribution in [3.8, 4) is 0 Å². The fourth-order valence-corrected chi connectivity index (χ4v) is 3.88. The molecule has 1 aromatic heterocycles. The van der Waals surface area contributed by atoms with Gasteiger partial charge in [-0.25, -0.2) is 8.42 Å². The number of hydrogen-bond donors (Lipinski definition) is 2. The van der Waals surface area contributed by atoms with Gasteiger partial charge in [-0.1, -0.05) is 17.4 Å². The average Bonchev–Trinajstić information content (AvgIpc) is 2.69. The Bertz CT molecular complexity index is 821. The monoisotopic (exact) mass is 315 g/mol. The molecule has 106 valence electrons. The quantitative estimate of drug-likeness (QED) is 0.653. The molecular weight excluding hydrogens is 306 g/mol. The van der Waals surface area contributed by atoms with E-state index < -0.39 is 19.8 Å². The highest BCUT2D eigenvalue weighted by atomic mass is 32.2. The zero-order valence-corrected chi connectivity index (χ0v) is 11.7. The summed E-state index contributed by atoms with van der Waals surface area (Å²) in [5.74, 6) is 0. The number of hydrogen-bond acceptors (Lipinski definition) is 6. The molecule has 0 aliphatic carbocycles. The van der Waals surface area contributed by atoms with Crippen LogP contribution in [0.2, 0.25) is 0 Å². The Balaban J connectivity index is 2.38. The lowest BCUT2D eigenvalue weighted by molar-refractivity contribution is -0.384. The number of anilines is 1. The number of aromatic amines is 1. The molecule has 20 heavy (non-hydrogen) atoms. The first-order valence-electron chi connectivity index (χ1n) is 5.26. The van der Waals surface area contributed by atoms with Gasteiger partial charge in [0.05, 0.1) is 10.6 Å². The van der Waals surface area contributed by atoms with Gasteiger partial charge in [-0.05, 0) is 13.0 Å². The minimum Gasteiger partial charge on any atom is -0.315 e. The highest BCUT2D eigenvalue weighted by Gasteiger charge is 2.21. The van der Waals surface area contributed by atoms with E-state index in [0.717, 1.165) is 6.07 Å². The molecule has 2 rings (SSSR count). The van der Waals surface area contributed by atoms with Gasteiger partial charge in [-0.3, -0.25) is 19.6 Å². The smallest absolute Gasteiger partial charge is 0.306 e. The van der Waals surface area contributed by atoms with Crippen LogP contribution in [0.4, 0.5) is 11.4 Å². The molecule has 0 aliphatic rings. The zero-order chi connectivity index (χ0) is 14.9. The van der Waals surface area contributed by atoms with Crippen molar-refractivity contribution in [1.29, 1.82) is 0 Å². The molecule has 1 aromatic carbocycles. The van der Waals surface area contributed by atoms with Gasteiger partial charge in [0, 0.05) is 17.8 Å². The molecule has 0 unspecified atom stereocenters. The first-order chi connectivity index (χ1) is 9.29. The van der Waals surface area contributed by atoms with Gasteiger partial charge in [0.15, 0.2) is 4.21 Å². The summed E-state index contributed by atoms with van der Waals surface area (Å²) in [4.78, 5) is 23.0. The number of sulfonamides is 1. The van der Waals surface area contributed by atoms with E-state index in [2.05, 4.69) is 9.71 Å². The Morgan fingerprint density at radius 3 is 2.65 bits per heavy atom. The second-order valence-corrected chi connectivity index (χ2v) is 6.70. The lowest BCUT2D eigenvalue weighted by Gasteiger charge is -2.06. The van der Waals surface area contributed by atoms with Crippen LogP contribution in [-0.2, 0) is 10.0 Å². The van der Waals surface area contributed by atoms with Crippen LogP contribution in [0.1, 0.15) is 5.69 Å². The Morgan fingerprint density at radius 2 is 2.10 bits per heavy atom. The van der Waals surface area contributed by atoms with Crippen LogP contribution < -0.4 is 9.60 Å². The van der Waals surface area contributed by atoms with E-state index in [4.69, 9.17) is 0 Å². The standard InChI is InChI=1S/C10H9N3O5S2/c1-6-9(19-10(14)11-6)20(17,18)12-7-3-2-4-8(5-7)13(15)16/h2-5,12H,1H3,(H,11,14). The summed E-state index contributed by atoms with van der Waals surface area (Å²) >= 11 is 0.556. The maximum absolute atomic E-state index is 12.1. The van der Waals surface area contributed by atoms with Crippen molar-refractivity contribution in [2.45, 2.75) is 11.1 Å². The van der Waals surface area contributed by atoms with Crippen molar-refractivity contribution in [2.24, 2.45) is 0 Å². The van der Waals surface area contributed by atoms with Gasteiger partial charge in [-0.15, -0.1) is 0 Å². The molecule has 8 nitrogen and oxygen atoms in total. The Labute approximate surface area is 117 Å². The van der Waals surface area contributed by atoms with Crippen molar-refractivity contribution in [2.75, 3.05) is 4.72 Å². The van der Waals surface area contributed by atoms with Crippen LogP contribution in [0.3, 0.4) is 0 Å². The molecule has 10 heteroatoms. The topological polar surface area (TPSA) is 122 Å². The summed E-state index contributed by atoms with van der Waals surface area (Å²) in [6, 6.07) is 5.09.